The first-order valence-electron chi connectivity index (χ1n) is 9.42. The fourth-order valence-corrected chi connectivity index (χ4v) is 3.76. The number of hydrogen-bond acceptors (Lipinski definition) is 3. The Kier molecular flexibility index (Phi) is 5.19. The quantitative estimate of drug-likeness (QED) is 0.761. The van der Waals surface area contributed by atoms with Crippen molar-refractivity contribution in [3.63, 3.8) is 0 Å². The van der Waals surface area contributed by atoms with Gasteiger partial charge in [-0.25, -0.2) is 0 Å². The lowest BCUT2D eigenvalue weighted by Gasteiger charge is -2.30. The van der Waals surface area contributed by atoms with Crippen LogP contribution >= 0.6 is 0 Å². The van der Waals surface area contributed by atoms with Crippen LogP contribution in [0.3, 0.4) is 0 Å². The van der Waals surface area contributed by atoms with E-state index in [1.165, 1.54) is 11.1 Å². The molecule has 1 aliphatic heterocycles. The average Bonchev–Trinajstić information content (AvgIpc) is 2.70. The third-order valence-corrected chi connectivity index (χ3v) is 5.19. The number of benzene rings is 2. The number of rotatable bonds is 5. The maximum absolute atomic E-state index is 12.4. The van der Waals surface area contributed by atoms with Gasteiger partial charge in [-0.15, -0.1) is 0 Å². The van der Waals surface area contributed by atoms with Crippen LogP contribution in [0.1, 0.15) is 11.1 Å². The SMILES string of the molecule is O=c1cc(-c2ccccc2)ccn1C[C@H](O)CN1CCc2ccccc2C1. The van der Waals surface area contributed by atoms with E-state index in [0.717, 1.165) is 30.6 Å². The summed E-state index contributed by atoms with van der Waals surface area (Å²) in [6.07, 6.45) is 2.21. The van der Waals surface area contributed by atoms with Crippen molar-refractivity contribution in [1.29, 1.82) is 0 Å². The molecule has 4 heteroatoms. The fourth-order valence-electron chi connectivity index (χ4n) is 3.76. The maximum Gasteiger partial charge on any atom is 0.251 e. The molecule has 3 aromatic rings. The second kappa shape index (κ2) is 7.91. The van der Waals surface area contributed by atoms with Gasteiger partial charge in [0.2, 0.25) is 0 Å². The van der Waals surface area contributed by atoms with Gasteiger partial charge in [0.25, 0.3) is 5.56 Å². The van der Waals surface area contributed by atoms with Gasteiger partial charge in [-0.1, -0.05) is 54.6 Å². The summed E-state index contributed by atoms with van der Waals surface area (Å²) in [5.74, 6) is 0. The Morgan fingerprint density at radius 2 is 1.63 bits per heavy atom. The van der Waals surface area contributed by atoms with Crippen molar-refractivity contribution in [3.8, 4) is 11.1 Å². The molecule has 138 valence electrons. The molecule has 2 heterocycles. The molecule has 0 aliphatic carbocycles. The Balaban J connectivity index is 1.40. The molecule has 4 rings (SSSR count). The average molecular weight is 360 g/mol. The smallest absolute Gasteiger partial charge is 0.251 e. The first-order chi connectivity index (χ1) is 13.2. The van der Waals surface area contributed by atoms with Crippen LogP contribution in [0.5, 0.6) is 0 Å². The molecule has 0 bridgehead atoms. The minimum Gasteiger partial charge on any atom is -0.390 e. The molecular weight excluding hydrogens is 336 g/mol. The topological polar surface area (TPSA) is 45.5 Å². The molecule has 0 radical (unpaired) electrons. The van der Waals surface area contributed by atoms with Crippen LogP contribution in [0, 0.1) is 0 Å². The summed E-state index contributed by atoms with van der Waals surface area (Å²) < 4.78 is 1.59. The summed E-state index contributed by atoms with van der Waals surface area (Å²) in [4.78, 5) is 14.7. The molecule has 4 nitrogen and oxygen atoms in total. The molecule has 0 spiro atoms. The highest BCUT2D eigenvalue weighted by atomic mass is 16.3. The third kappa shape index (κ3) is 4.18. The number of aromatic nitrogens is 1. The summed E-state index contributed by atoms with van der Waals surface area (Å²) >= 11 is 0. The van der Waals surface area contributed by atoms with Gasteiger partial charge in [0.05, 0.1) is 12.6 Å². The largest absolute Gasteiger partial charge is 0.390 e. The normalized spacial score (nSPS) is 15.3. The third-order valence-electron chi connectivity index (χ3n) is 5.19. The van der Waals surface area contributed by atoms with E-state index >= 15 is 0 Å². The molecule has 0 saturated carbocycles. The minimum atomic E-state index is -0.574. The van der Waals surface area contributed by atoms with Crippen molar-refractivity contribution in [3.05, 3.63) is 94.4 Å². The van der Waals surface area contributed by atoms with Gasteiger partial charge < -0.3 is 9.67 Å². The number of hydrogen-bond donors (Lipinski definition) is 1. The van der Waals surface area contributed by atoms with E-state index in [0.29, 0.717) is 13.1 Å². The number of aliphatic hydroxyl groups excluding tert-OH is 1. The van der Waals surface area contributed by atoms with Gasteiger partial charge in [0.1, 0.15) is 0 Å². The second-order valence-electron chi connectivity index (χ2n) is 7.18. The number of pyridine rings is 1. The molecule has 0 amide bonds. The number of aliphatic hydroxyl groups is 1. The summed E-state index contributed by atoms with van der Waals surface area (Å²) in [6.45, 7) is 2.68. The summed E-state index contributed by atoms with van der Waals surface area (Å²) in [5, 5.41) is 10.5. The van der Waals surface area contributed by atoms with Crippen LogP contribution in [0.25, 0.3) is 11.1 Å². The van der Waals surface area contributed by atoms with Crippen LogP contribution in [-0.4, -0.2) is 33.8 Å². The van der Waals surface area contributed by atoms with Gasteiger partial charge in [-0.05, 0) is 34.7 Å². The molecule has 27 heavy (non-hydrogen) atoms. The highest BCUT2D eigenvalue weighted by Crippen LogP contribution is 2.19. The zero-order valence-electron chi connectivity index (χ0n) is 15.3. The monoisotopic (exact) mass is 360 g/mol. The van der Waals surface area contributed by atoms with Crippen LogP contribution in [-0.2, 0) is 19.5 Å². The van der Waals surface area contributed by atoms with E-state index in [1.54, 1.807) is 16.8 Å². The maximum atomic E-state index is 12.4. The van der Waals surface area contributed by atoms with Crippen molar-refractivity contribution in [2.75, 3.05) is 13.1 Å². The van der Waals surface area contributed by atoms with Crippen molar-refractivity contribution < 1.29 is 5.11 Å². The first kappa shape index (κ1) is 17.7. The van der Waals surface area contributed by atoms with Crippen molar-refractivity contribution >= 4 is 0 Å². The molecule has 1 aromatic heterocycles. The molecule has 1 N–H and O–H groups in total. The van der Waals surface area contributed by atoms with E-state index in [-0.39, 0.29) is 5.56 Å². The standard InChI is InChI=1S/C23H24N2O2/c26-22(16-24-12-10-19-8-4-5-9-21(19)15-24)17-25-13-11-20(14-23(25)27)18-6-2-1-3-7-18/h1-9,11,13-14,22,26H,10,12,15-17H2/t22-/m1/s1. The molecular formula is C23H24N2O2. The Labute approximate surface area is 159 Å². The summed E-state index contributed by atoms with van der Waals surface area (Å²) in [6, 6.07) is 21.9. The van der Waals surface area contributed by atoms with Crippen molar-refractivity contribution in [2.24, 2.45) is 0 Å². The summed E-state index contributed by atoms with van der Waals surface area (Å²) in [5.41, 5.74) is 4.57. The minimum absolute atomic E-state index is 0.0839. The van der Waals surface area contributed by atoms with Gasteiger partial charge in [-0.3, -0.25) is 9.69 Å². The van der Waals surface area contributed by atoms with Crippen LogP contribution in [0.2, 0.25) is 0 Å². The highest BCUT2D eigenvalue weighted by molar-refractivity contribution is 5.62. The van der Waals surface area contributed by atoms with Crippen LogP contribution < -0.4 is 5.56 Å². The zero-order chi connectivity index (χ0) is 18.6. The van der Waals surface area contributed by atoms with Crippen LogP contribution in [0.15, 0.2) is 77.7 Å². The van der Waals surface area contributed by atoms with Gasteiger partial charge >= 0.3 is 0 Å². The number of nitrogens with zero attached hydrogens (tertiary/aromatic N) is 2. The Hall–Kier alpha value is -2.69. The van der Waals surface area contributed by atoms with E-state index in [4.69, 9.17) is 0 Å². The fraction of sp³-hybridized carbons (Fsp3) is 0.261. The van der Waals surface area contributed by atoms with Gasteiger partial charge in [0.15, 0.2) is 0 Å². The Morgan fingerprint density at radius 3 is 2.41 bits per heavy atom. The van der Waals surface area contributed by atoms with Gasteiger partial charge in [0, 0.05) is 31.9 Å². The van der Waals surface area contributed by atoms with Crippen molar-refractivity contribution in [1.82, 2.24) is 9.47 Å². The number of fused-ring (bicyclic) bond motifs is 1. The van der Waals surface area contributed by atoms with E-state index in [1.807, 2.05) is 36.4 Å². The molecule has 0 fully saturated rings. The van der Waals surface area contributed by atoms with E-state index in [9.17, 15) is 9.90 Å². The molecule has 0 unspecified atom stereocenters. The second-order valence-corrected chi connectivity index (χ2v) is 7.18. The van der Waals surface area contributed by atoms with E-state index in [2.05, 4.69) is 29.2 Å². The highest BCUT2D eigenvalue weighted by Gasteiger charge is 2.18. The van der Waals surface area contributed by atoms with Crippen molar-refractivity contribution in [2.45, 2.75) is 25.6 Å². The van der Waals surface area contributed by atoms with Crippen LogP contribution in [0.4, 0.5) is 0 Å². The van der Waals surface area contributed by atoms with Gasteiger partial charge in [-0.2, -0.15) is 0 Å². The molecule has 0 saturated heterocycles. The predicted molar refractivity (Wildman–Crippen MR) is 108 cm³/mol. The Morgan fingerprint density at radius 1 is 0.889 bits per heavy atom. The number of β-amino-alcohol motifs (C(OH)–C–C–N with tert-alkyl or cyclic N) is 1. The van der Waals surface area contributed by atoms with E-state index < -0.39 is 6.10 Å². The predicted octanol–water partition coefficient (Wildman–Crippen LogP) is 2.93. The molecule has 1 aliphatic rings. The molecule has 1 atom stereocenters. The summed E-state index contributed by atoms with van der Waals surface area (Å²) in [7, 11) is 0. The lowest BCUT2D eigenvalue weighted by molar-refractivity contribution is 0.0910. The first-order valence-corrected chi connectivity index (χ1v) is 9.42. The Bertz CT molecular complexity index is 965. The zero-order valence-corrected chi connectivity index (χ0v) is 15.3. The lowest BCUT2D eigenvalue weighted by atomic mass is 10.00. The molecule has 2 aromatic carbocycles. The lowest BCUT2D eigenvalue weighted by Crippen LogP contribution is -2.39.